The lowest BCUT2D eigenvalue weighted by molar-refractivity contribution is -0.131. The molecule has 2 aliphatic rings. The number of likely N-dealkylation sites (tertiary alicyclic amines) is 1. The molecule has 1 amide bonds. The van der Waals surface area contributed by atoms with Crippen molar-refractivity contribution in [2.45, 2.75) is 25.3 Å². The van der Waals surface area contributed by atoms with E-state index in [0.717, 1.165) is 36.4 Å². The smallest absolute Gasteiger partial charge is 0.231 e. The van der Waals surface area contributed by atoms with Crippen LogP contribution in [0, 0.1) is 0 Å². The summed E-state index contributed by atoms with van der Waals surface area (Å²) in [7, 11) is 1.81. The summed E-state index contributed by atoms with van der Waals surface area (Å²) in [6.45, 7) is 0.987. The third kappa shape index (κ3) is 3.09. The van der Waals surface area contributed by atoms with Crippen LogP contribution in [0.4, 0.5) is 5.82 Å². The van der Waals surface area contributed by atoms with E-state index in [0.29, 0.717) is 18.0 Å². The number of hydrogen-bond donors (Lipinski definition) is 1. The van der Waals surface area contributed by atoms with Gasteiger partial charge in [0.05, 0.1) is 30.6 Å². The lowest BCUT2D eigenvalue weighted by atomic mass is 10.1. The largest absolute Gasteiger partial charge is 0.454 e. The van der Waals surface area contributed by atoms with Crippen molar-refractivity contribution in [3.8, 4) is 11.5 Å². The van der Waals surface area contributed by atoms with Gasteiger partial charge in [0.2, 0.25) is 12.7 Å². The van der Waals surface area contributed by atoms with Crippen LogP contribution in [0.3, 0.4) is 0 Å². The zero-order valence-electron chi connectivity index (χ0n) is 14.1. The van der Waals surface area contributed by atoms with Crippen LogP contribution >= 0.6 is 0 Å². The molecule has 130 valence electrons. The molecular formula is C18H20N4O3. The number of aromatic nitrogens is 2. The van der Waals surface area contributed by atoms with E-state index >= 15 is 0 Å². The Hall–Kier alpha value is -2.83. The Morgan fingerprint density at radius 2 is 2.20 bits per heavy atom. The second-order valence-corrected chi connectivity index (χ2v) is 6.19. The van der Waals surface area contributed by atoms with Gasteiger partial charge in [-0.15, -0.1) is 0 Å². The van der Waals surface area contributed by atoms with Crippen molar-refractivity contribution in [1.29, 1.82) is 0 Å². The first-order valence-electron chi connectivity index (χ1n) is 8.42. The number of carbonyl (C=O) groups excluding carboxylic acids is 1. The van der Waals surface area contributed by atoms with Crippen LogP contribution in [0.15, 0.2) is 30.6 Å². The molecule has 1 N–H and O–H groups in total. The number of anilines is 1. The summed E-state index contributed by atoms with van der Waals surface area (Å²) in [4.78, 5) is 23.5. The lowest BCUT2D eigenvalue weighted by Gasteiger charge is -2.24. The predicted molar refractivity (Wildman–Crippen MR) is 91.5 cm³/mol. The Morgan fingerprint density at radius 3 is 3.08 bits per heavy atom. The molecule has 7 nitrogen and oxygen atoms in total. The Morgan fingerprint density at radius 1 is 1.32 bits per heavy atom. The first kappa shape index (κ1) is 15.7. The van der Waals surface area contributed by atoms with Crippen molar-refractivity contribution in [3.05, 3.63) is 41.9 Å². The number of benzene rings is 1. The second kappa shape index (κ2) is 6.58. The number of carbonyl (C=O) groups is 1. The molecule has 4 rings (SSSR count). The summed E-state index contributed by atoms with van der Waals surface area (Å²) in [6.07, 6.45) is 5.65. The highest BCUT2D eigenvalue weighted by molar-refractivity contribution is 5.79. The minimum absolute atomic E-state index is 0.0117. The zero-order valence-corrected chi connectivity index (χ0v) is 14.1. The monoisotopic (exact) mass is 340 g/mol. The van der Waals surface area contributed by atoms with Gasteiger partial charge in [-0.05, 0) is 30.5 Å². The normalized spacial score (nSPS) is 18.4. The van der Waals surface area contributed by atoms with Gasteiger partial charge in [-0.1, -0.05) is 6.07 Å². The highest BCUT2D eigenvalue weighted by Crippen LogP contribution is 2.34. The quantitative estimate of drug-likeness (QED) is 0.919. The summed E-state index contributed by atoms with van der Waals surface area (Å²) in [5, 5.41) is 3.00. The Bertz CT molecular complexity index is 796. The molecule has 0 radical (unpaired) electrons. The summed E-state index contributed by atoms with van der Waals surface area (Å²) in [5.74, 6) is 2.25. The predicted octanol–water partition coefficient (Wildman–Crippen LogP) is 2.15. The minimum atomic E-state index is -0.0117. The van der Waals surface area contributed by atoms with Gasteiger partial charge < -0.3 is 19.7 Å². The van der Waals surface area contributed by atoms with Crippen LogP contribution in [-0.4, -0.2) is 41.2 Å². The van der Waals surface area contributed by atoms with E-state index in [-0.39, 0.29) is 18.7 Å². The standard InChI is InChI=1S/C18H20N4O3/c1-19-17-10-20-9-13(21-17)14-3-2-6-22(14)18(23)8-12-4-5-15-16(7-12)25-11-24-15/h4-5,7,9-10,14H,2-3,6,8,11H2,1H3,(H,19,21). The number of amides is 1. The topological polar surface area (TPSA) is 76.6 Å². The average molecular weight is 340 g/mol. The van der Waals surface area contributed by atoms with Gasteiger partial charge in [0, 0.05) is 13.6 Å². The molecule has 3 heterocycles. The van der Waals surface area contributed by atoms with Crippen molar-refractivity contribution in [2.75, 3.05) is 25.7 Å². The maximum atomic E-state index is 12.8. The van der Waals surface area contributed by atoms with Crippen LogP contribution in [0.25, 0.3) is 0 Å². The number of nitrogens with one attached hydrogen (secondary N) is 1. The van der Waals surface area contributed by atoms with Crippen molar-refractivity contribution in [3.63, 3.8) is 0 Å². The van der Waals surface area contributed by atoms with Crippen LogP contribution in [0.1, 0.15) is 30.1 Å². The average Bonchev–Trinajstić information content (AvgIpc) is 3.30. The first-order valence-corrected chi connectivity index (χ1v) is 8.42. The van der Waals surface area contributed by atoms with Gasteiger partial charge in [-0.2, -0.15) is 0 Å². The second-order valence-electron chi connectivity index (χ2n) is 6.19. The number of ether oxygens (including phenoxy) is 2. The van der Waals surface area contributed by atoms with Crippen LogP contribution in [0.2, 0.25) is 0 Å². The van der Waals surface area contributed by atoms with E-state index in [1.807, 2.05) is 30.1 Å². The number of rotatable bonds is 4. The fourth-order valence-electron chi connectivity index (χ4n) is 3.36. The maximum Gasteiger partial charge on any atom is 0.231 e. The molecule has 1 aromatic carbocycles. The molecule has 0 aliphatic carbocycles. The molecule has 0 bridgehead atoms. The molecule has 0 saturated carbocycles. The maximum absolute atomic E-state index is 12.8. The molecule has 7 heteroatoms. The summed E-state index contributed by atoms with van der Waals surface area (Å²) < 4.78 is 10.7. The van der Waals surface area contributed by atoms with Crippen LogP contribution in [0.5, 0.6) is 11.5 Å². The highest BCUT2D eigenvalue weighted by Gasteiger charge is 2.31. The van der Waals surface area contributed by atoms with Gasteiger partial charge in [-0.3, -0.25) is 9.78 Å². The van der Waals surface area contributed by atoms with Crippen molar-refractivity contribution < 1.29 is 14.3 Å². The number of nitrogens with zero attached hydrogens (tertiary/aromatic N) is 3. The van der Waals surface area contributed by atoms with Gasteiger partial charge in [-0.25, -0.2) is 4.98 Å². The molecular weight excluding hydrogens is 320 g/mol. The molecule has 0 spiro atoms. The van der Waals surface area contributed by atoms with Crippen LogP contribution < -0.4 is 14.8 Å². The fourth-order valence-corrected chi connectivity index (χ4v) is 3.36. The van der Waals surface area contributed by atoms with Crippen molar-refractivity contribution in [1.82, 2.24) is 14.9 Å². The third-order valence-corrected chi connectivity index (χ3v) is 4.62. The summed E-state index contributed by atoms with van der Waals surface area (Å²) in [6, 6.07) is 5.64. The zero-order chi connectivity index (χ0) is 17.2. The summed E-state index contributed by atoms with van der Waals surface area (Å²) >= 11 is 0. The molecule has 1 atom stereocenters. The van der Waals surface area contributed by atoms with Crippen molar-refractivity contribution in [2.24, 2.45) is 0 Å². The SMILES string of the molecule is CNc1cncc(C2CCCN2C(=O)Cc2ccc3c(c2)OCO3)n1. The molecule has 2 aromatic rings. The molecule has 2 aliphatic heterocycles. The molecule has 1 saturated heterocycles. The van der Waals surface area contributed by atoms with Gasteiger partial charge >= 0.3 is 0 Å². The minimum Gasteiger partial charge on any atom is -0.454 e. The van der Waals surface area contributed by atoms with E-state index < -0.39 is 0 Å². The van der Waals surface area contributed by atoms with Gasteiger partial charge in [0.15, 0.2) is 11.5 Å². The van der Waals surface area contributed by atoms with Crippen molar-refractivity contribution >= 4 is 11.7 Å². The van der Waals surface area contributed by atoms with E-state index in [1.165, 1.54) is 0 Å². The van der Waals surface area contributed by atoms with E-state index in [9.17, 15) is 4.79 Å². The Balaban J connectivity index is 1.50. The Labute approximate surface area is 146 Å². The van der Waals surface area contributed by atoms with Gasteiger partial charge in [0.1, 0.15) is 5.82 Å². The van der Waals surface area contributed by atoms with Crippen LogP contribution in [-0.2, 0) is 11.2 Å². The first-order chi connectivity index (χ1) is 12.2. The molecule has 25 heavy (non-hydrogen) atoms. The third-order valence-electron chi connectivity index (χ3n) is 4.62. The van der Waals surface area contributed by atoms with E-state index in [1.54, 1.807) is 12.4 Å². The number of hydrogen-bond acceptors (Lipinski definition) is 6. The van der Waals surface area contributed by atoms with E-state index in [4.69, 9.17) is 9.47 Å². The molecule has 1 fully saturated rings. The summed E-state index contributed by atoms with van der Waals surface area (Å²) in [5.41, 5.74) is 1.76. The molecule has 1 aromatic heterocycles. The fraction of sp³-hybridized carbons (Fsp3) is 0.389. The number of fused-ring (bicyclic) bond motifs is 1. The Kier molecular flexibility index (Phi) is 4.13. The highest BCUT2D eigenvalue weighted by atomic mass is 16.7. The van der Waals surface area contributed by atoms with E-state index in [2.05, 4.69) is 15.3 Å². The van der Waals surface area contributed by atoms with Gasteiger partial charge in [0.25, 0.3) is 0 Å². The molecule has 1 unspecified atom stereocenters. The lowest BCUT2D eigenvalue weighted by Crippen LogP contribution is -2.32.